The van der Waals surface area contributed by atoms with E-state index < -0.39 is 0 Å². The number of hydrogen-bond donors (Lipinski definition) is 0. The Balaban J connectivity index is 2.05. The van der Waals surface area contributed by atoms with Crippen LogP contribution in [0.5, 0.6) is 23.0 Å². The topological polar surface area (TPSA) is 27.7 Å². The molecular weight excluding hydrogens is 336 g/mol. The van der Waals surface area contributed by atoms with Crippen molar-refractivity contribution in [1.29, 1.82) is 0 Å². The molecular formula is C24H34O3. The minimum atomic E-state index is 0.676. The molecule has 0 saturated carbocycles. The van der Waals surface area contributed by atoms with Crippen LogP contribution in [0.3, 0.4) is 0 Å². The molecule has 0 aliphatic rings. The Morgan fingerprint density at radius 2 is 1.15 bits per heavy atom. The summed E-state index contributed by atoms with van der Waals surface area (Å²) >= 11 is 0. The first kappa shape index (κ1) is 21.1. The van der Waals surface area contributed by atoms with Gasteiger partial charge in [0.15, 0.2) is 11.5 Å². The standard InChI is InChI=1S/C24H34O3/c1-3-5-7-12-19-25-22-17-14-18-23(26-20-13-8-6-4-2)24(22)27-21-15-10-9-11-16-21/h9-11,14-18H,3-8,12-13,19-20H2,1-2H3. The largest absolute Gasteiger partial charge is 0.490 e. The highest BCUT2D eigenvalue weighted by molar-refractivity contribution is 5.53. The fourth-order valence-electron chi connectivity index (χ4n) is 2.85. The summed E-state index contributed by atoms with van der Waals surface area (Å²) in [4.78, 5) is 0. The van der Waals surface area contributed by atoms with Crippen LogP contribution in [0.1, 0.15) is 65.2 Å². The van der Waals surface area contributed by atoms with Crippen molar-refractivity contribution in [2.24, 2.45) is 0 Å². The Labute approximate surface area is 164 Å². The lowest BCUT2D eigenvalue weighted by Gasteiger charge is -2.17. The second-order valence-corrected chi connectivity index (χ2v) is 6.82. The summed E-state index contributed by atoms with van der Waals surface area (Å²) in [5.74, 6) is 2.97. The number of benzene rings is 2. The number of rotatable bonds is 14. The molecule has 0 amide bonds. The van der Waals surface area contributed by atoms with Crippen molar-refractivity contribution < 1.29 is 14.2 Å². The van der Waals surface area contributed by atoms with Gasteiger partial charge in [0.25, 0.3) is 0 Å². The zero-order chi connectivity index (χ0) is 19.2. The van der Waals surface area contributed by atoms with E-state index in [2.05, 4.69) is 13.8 Å². The van der Waals surface area contributed by atoms with Gasteiger partial charge in [-0.2, -0.15) is 0 Å². The molecule has 3 nitrogen and oxygen atoms in total. The summed E-state index contributed by atoms with van der Waals surface area (Å²) in [6.07, 6.45) is 9.45. The average Bonchev–Trinajstić information content (AvgIpc) is 2.70. The maximum absolute atomic E-state index is 6.15. The molecule has 2 rings (SSSR count). The molecule has 0 N–H and O–H groups in total. The molecule has 0 radical (unpaired) electrons. The molecule has 3 heteroatoms. The first-order chi connectivity index (χ1) is 13.3. The molecule has 2 aromatic rings. The normalized spacial score (nSPS) is 10.6. The van der Waals surface area contributed by atoms with E-state index in [4.69, 9.17) is 14.2 Å². The zero-order valence-electron chi connectivity index (χ0n) is 16.9. The molecule has 2 aromatic carbocycles. The Kier molecular flexibility index (Phi) is 10.2. The molecule has 0 spiro atoms. The van der Waals surface area contributed by atoms with Crippen LogP contribution in [0, 0.1) is 0 Å². The monoisotopic (exact) mass is 370 g/mol. The lowest BCUT2D eigenvalue weighted by molar-refractivity contribution is 0.268. The minimum Gasteiger partial charge on any atom is -0.490 e. The summed E-state index contributed by atoms with van der Waals surface area (Å²) < 4.78 is 18.2. The van der Waals surface area contributed by atoms with E-state index in [1.807, 2.05) is 48.5 Å². The van der Waals surface area contributed by atoms with Gasteiger partial charge in [0.05, 0.1) is 13.2 Å². The highest BCUT2D eigenvalue weighted by Crippen LogP contribution is 2.40. The molecule has 0 unspecified atom stereocenters. The Hall–Kier alpha value is -2.16. The van der Waals surface area contributed by atoms with Crippen molar-refractivity contribution in [3.05, 3.63) is 48.5 Å². The zero-order valence-corrected chi connectivity index (χ0v) is 16.9. The molecule has 27 heavy (non-hydrogen) atoms. The average molecular weight is 371 g/mol. The molecule has 0 bridgehead atoms. The lowest BCUT2D eigenvalue weighted by atomic mass is 10.2. The first-order valence-electron chi connectivity index (χ1n) is 10.5. The maximum Gasteiger partial charge on any atom is 0.211 e. The summed E-state index contributed by atoms with van der Waals surface area (Å²) in [6, 6.07) is 15.7. The molecule has 0 fully saturated rings. The number of hydrogen-bond acceptors (Lipinski definition) is 3. The van der Waals surface area contributed by atoms with Crippen molar-refractivity contribution in [3.63, 3.8) is 0 Å². The Morgan fingerprint density at radius 3 is 1.67 bits per heavy atom. The van der Waals surface area contributed by atoms with E-state index in [1.165, 1.54) is 38.5 Å². The Bertz CT molecular complexity index is 593. The van der Waals surface area contributed by atoms with E-state index in [0.717, 1.165) is 30.1 Å². The van der Waals surface area contributed by atoms with E-state index in [1.54, 1.807) is 0 Å². The van der Waals surface area contributed by atoms with Gasteiger partial charge >= 0.3 is 0 Å². The maximum atomic E-state index is 6.15. The van der Waals surface area contributed by atoms with Crippen molar-refractivity contribution in [3.8, 4) is 23.0 Å². The van der Waals surface area contributed by atoms with Crippen molar-refractivity contribution >= 4 is 0 Å². The van der Waals surface area contributed by atoms with Gasteiger partial charge in [-0.15, -0.1) is 0 Å². The summed E-state index contributed by atoms with van der Waals surface area (Å²) in [7, 11) is 0. The third kappa shape index (κ3) is 7.94. The SMILES string of the molecule is CCCCCCOc1cccc(OCCCCCC)c1Oc1ccccc1. The van der Waals surface area contributed by atoms with Crippen LogP contribution < -0.4 is 14.2 Å². The third-order valence-electron chi connectivity index (χ3n) is 4.42. The smallest absolute Gasteiger partial charge is 0.211 e. The summed E-state index contributed by atoms with van der Waals surface area (Å²) in [5.41, 5.74) is 0. The van der Waals surface area contributed by atoms with Gasteiger partial charge in [0, 0.05) is 0 Å². The van der Waals surface area contributed by atoms with Crippen LogP contribution in [0.15, 0.2) is 48.5 Å². The summed E-state index contributed by atoms with van der Waals surface area (Å²) in [5, 5.41) is 0. The van der Waals surface area contributed by atoms with E-state index in [-0.39, 0.29) is 0 Å². The van der Waals surface area contributed by atoms with Gasteiger partial charge in [0.2, 0.25) is 5.75 Å². The van der Waals surface area contributed by atoms with Gasteiger partial charge in [-0.1, -0.05) is 76.6 Å². The fourth-order valence-corrected chi connectivity index (χ4v) is 2.85. The predicted octanol–water partition coefficient (Wildman–Crippen LogP) is 7.40. The van der Waals surface area contributed by atoms with Crippen LogP contribution in [-0.2, 0) is 0 Å². The van der Waals surface area contributed by atoms with E-state index in [9.17, 15) is 0 Å². The van der Waals surface area contributed by atoms with Crippen LogP contribution in [-0.4, -0.2) is 13.2 Å². The highest BCUT2D eigenvalue weighted by atomic mass is 16.5. The first-order valence-corrected chi connectivity index (χ1v) is 10.5. The molecule has 0 heterocycles. The van der Waals surface area contributed by atoms with E-state index >= 15 is 0 Å². The molecule has 0 aliphatic heterocycles. The number of unbranched alkanes of at least 4 members (excludes halogenated alkanes) is 6. The van der Waals surface area contributed by atoms with Gasteiger partial charge in [-0.05, 0) is 37.1 Å². The number of para-hydroxylation sites is 2. The molecule has 0 aromatic heterocycles. The van der Waals surface area contributed by atoms with Crippen LogP contribution in [0.25, 0.3) is 0 Å². The second kappa shape index (κ2) is 13.1. The van der Waals surface area contributed by atoms with Crippen LogP contribution in [0.4, 0.5) is 0 Å². The molecule has 0 atom stereocenters. The van der Waals surface area contributed by atoms with Crippen molar-refractivity contribution in [2.45, 2.75) is 65.2 Å². The van der Waals surface area contributed by atoms with Gasteiger partial charge in [-0.3, -0.25) is 0 Å². The van der Waals surface area contributed by atoms with Gasteiger partial charge in [0.1, 0.15) is 5.75 Å². The van der Waals surface area contributed by atoms with Gasteiger partial charge < -0.3 is 14.2 Å². The third-order valence-corrected chi connectivity index (χ3v) is 4.42. The van der Waals surface area contributed by atoms with Gasteiger partial charge in [-0.25, -0.2) is 0 Å². The van der Waals surface area contributed by atoms with Crippen LogP contribution >= 0.6 is 0 Å². The van der Waals surface area contributed by atoms with E-state index in [0.29, 0.717) is 19.0 Å². The molecule has 148 valence electrons. The lowest BCUT2D eigenvalue weighted by Crippen LogP contribution is -2.03. The van der Waals surface area contributed by atoms with Crippen molar-refractivity contribution in [2.75, 3.05) is 13.2 Å². The minimum absolute atomic E-state index is 0.676. The highest BCUT2D eigenvalue weighted by Gasteiger charge is 2.14. The second-order valence-electron chi connectivity index (χ2n) is 6.82. The molecule has 0 saturated heterocycles. The van der Waals surface area contributed by atoms with Crippen molar-refractivity contribution in [1.82, 2.24) is 0 Å². The molecule has 0 aliphatic carbocycles. The number of ether oxygens (including phenoxy) is 3. The quantitative estimate of drug-likeness (QED) is 0.324. The predicted molar refractivity (Wildman–Crippen MR) is 112 cm³/mol. The Morgan fingerprint density at radius 1 is 0.593 bits per heavy atom. The van der Waals surface area contributed by atoms with Crippen LogP contribution in [0.2, 0.25) is 0 Å². The summed E-state index contributed by atoms with van der Waals surface area (Å²) in [6.45, 7) is 5.83. The fraction of sp³-hybridized carbons (Fsp3) is 0.500.